The third-order valence-electron chi connectivity index (χ3n) is 5.12. The predicted molar refractivity (Wildman–Crippen MR) is 116 cm³/mol. The molecule has 0 radical (unpaired) electrons. The van der Waals surface area contributed by atoms with Crippen molar-refractivity contribution in [3.63, 3.8) is 0 Å². The van der Waals surface area contributed by atoms with Crippen LogP contribution >= 0.6 is 12.0 Å². The zero-order valence-electron chi connectivity index (χ0n) is 16.9. The van der Waals surface area contributed by atoms with Gasteiger partial charge in [-0.05, 0) is 67.3 Å². The van der Waals surface area contributed by atoms with Crippen molar-refractivity contribution in [2.75, 3.05) is 0 Å². The first-order chi connectivity index (χ1) is 12.3. The first-order valence-corrected chi connectivity index (χ1v) is 10.0. The summed E-state index contributed by atoms with van der Waals surface area (Å²) in [6.45, 7) is 2.28. The number of halogens is 5. The summed E-state index contributed by atoms with van der Waals surface area (Å²) in [7, 11) is 0. The lowest BCUT2D eigenvalue weighted by Crippen LogP contribution is -2.13. The van der Waals surface area contributed by atoms with Crippen LogP contribution in [0.3, 0.4) is 0 Å². The van der Waals surface area contributed by atoms with Gasteiger partial charge in [0.2, 0.25) is 0 Å². The lowest BCUT2D eigenvalue weighted by molar-refractivity contribution is 0.0768. The van der Waals surface area contributed by atoms with Crippen LogP contribution < -0.4 is 0 Å². The predicted octanol–water partition coefficient (Wildman–Crippen LogP) is 7.39. The molecule has 0 atom stereocenters. The van der Waals surface area contributed by atoms with Gasteiger partial charge < -0.3 is 4.18 Å². The molecule has 0 heterocycles. The van der Waals surface area contributed by atoms with Crippen LogP contribution in [0.4, 0.5) is 23.5 Å². The van der Waals surface area contributed by atoms with E-state index in [4.69, 9.17) is 4.18 Å². The SMILES string of the molecule is CCCC1CCC(c2ccc(C(=O)OSc3ccccc3)cc2)CC1.F.F.F.F.F. The zero-order valence-corrected chi connectivity index (χ0v) is 17.7. The zero-order chi connectivity index (χ0) is 17.5. The summed E-state index contributed by atoms with van der Waals surface area (Å²) >= 11 is 1.11. The Bertz CT molecular complexity index is 678. The van der Waals surface area contributed by atoms with Crippen molar-refractivity contribution in [1.82, 2.24) is 0 Å². The third kappa shape index (κ3) is 9.15. The summed E-state index contributed by atoms with van der Waals surface area (Å²) in [6.07, 6.45) is 7.91. The molecule has 2 aromatic rings. The van der Waals surface area contributed by atoms with Gasteiger partial charge in [-0.15, -0.1) is 0 Å². The Morgan fingerprint density at radius 2 is 1.43 bits per heavy atom. The number of rotatable bonds is 6. The van der Waals surface area contributed by atoms with E-state index in [1.165, 1.54) is 44.1 Å². The highest BCUT2D eigenvalue weighted by atomic mass is 32.2. The van der Waals surface area contributed by atoms with Crippen LogP contribution in [-0.2, 0) is 4.18 Å². The highest BCUT2D eigenvalue weighted by molar-refractivity contribution is 7.95. The van der Waals surface area contributed by atoms with Gasteiger partial charge in [-0.1, -0.05) is 50.1 Å². The maximum absolute atomic E-state index is 12.2. The maximum atomic E-state index is 12.2. The third-order valence-corrected chi connectivity index (χ3v) is 5.82. The molecule has 8 heteroatoms. The monoisotopic (exact) mass is 454 g/mol. The molecule has 1 fully saturated rings. The Morgan fingerprint density at radius 3 is 1.97 bits per heavy atom. The van der Waals surface area contributed by atoms with Gasteiger partial charge >= 0.3 is 5.97 Å². The summed E-state index contributed by atoms with van der Waals surface area (Å²) in [5.41, 5.74) is 1.98. The van der Waals surface area contributed by atoms with Crippen molar-refractivity contribution in [3.8, 4) is 0 Å². The fraction of sp³-hybridized carbons (Fsp3) is 0.409. The molecule has 2 aromatic carbocycles. The van der Waals surface area contributed by atoms with E-state index in [9.17, 15) is 4.79 Å². The average Bonchev–Trinajstić information content (AvgIpc) is 2.68. The summed E-state index contributed by atoms with van der Waals surface area (Å²) in [6, 6.07) is 17.7. The highest BCUT2D eigenvalue weighted by Crippen LogP contribution is 2.37. The molecule has 0 aromatic heterocycles. The minimum absolute atomic E-state index is 0. The second-order valence-electron chi connectivity index (χ2n) is 6.90. The van der Waals surface area contributed by atoms with Crippen molar-refractivity contribution < 1.29 is 32.5 Å². The standard InChI is InChI=1S/C22H26O2S.5FH/c1-2-6-17-9-11-18(12-10-17)19-13-15-20(16-14-19)22(23)24-25-21-7-4-3-5-8-21;;;;;/h3-5,7-8,13-18H,2,6,9-12H2,1H3;5*1H. The number of hydrogen-bond donors (Lipinski definition) is 0. The highest BCUT2D eigenvalue weighted by Gasteiger charge is 2.22. The van der Waals surface area contributed by atoms with E-state index in [1.54, 1.807) is 0 Å². The molecule has 0 bridgehead atoms. The molecule has 0 N–H and O–H groups in total. The minimum Gasteiger partial charge on any atom is -0.382 e. The van der Waals surface area contributed by atoms with Gasteiger partial charge in [-0.2, -0.15) is 0 Å². The summed E-state index contributed by atoms with van der Waals surface area (Å²) in [5, 5.41) is 0. The first kappa shape index (κ1) is 32.6. The molecule has 1 aliphatic carbocycles. The Labute approximate surface area is 178 Å². The van der Waals surface area contributed by atoms with Crippen LogP contribution in [0.25, 0.3) is 0 Å². The molecule has 30 heavy (non-hydrogen) atoms. The van der Waals surface area contributed by atoms with E-state index in [2.05, 4.69) is 19.1 Å². The number of carbonyl (C=O) groups excluding carboxylic acids is 1. The number of benzene rings is 2. The molecule has 1 aliphatic rings. The smallest absolute Gasteiger partial charge is 0.350 e. The molecule has 0 aliphatic heterocycles. The molecule has 0 spiro atoms. The fourth-order valence-corrected chi connectivity index (χ4v) is 4.23. The Morgan fingerprint density at radius 1 is 0.867 bits per heavy atom. The average molecular weight is 455 g/mol. The molecule has 1 saturated carbocycles. The Balaban J connectivity index is -0.00000146. The number of carbonyl (C=O) groups is 1. The molecule has 3 rings (SSSR count). The summed E-state index contributed by atoms with van der Waals surface area (Å²) in [4.78, 5) is 13.1. The van der Waals surface area contributed by atoms with E-state index in [0.717, 1.165) is 22.9 Å². The second-order valence-corrected chi connectivity index (χ2v) is 7.70. The van der Waals surface area contributed by atoms with E-state index in [0.29, 0.717) is 11.5 Å². The van der Waals surface area contributed by atoms with Crippen LogP contribution in [0.2, 0.25) is 0 Å². The van der Waals surface area contributed by atoms with E-state index in [1.807, 2.05) is 42.5 Å². The maximum Gasteiger partial charge on any atom is 0.350 e. The summed E-state index contributed by atoms with van der Waals surface area (Å²) in [5.74, 6) is 1.29. The van der Waals surface area contributed by atoms with Crippen molar-refractivity contribution in [3.05, 3.63) is 65.7 Å². The molecule has 0 amide bonds. The van der Waals surface area contributed by atoms with Gasteiger partial charge in [0.15, 0.2) is 0 Å². The van der Waals surface area contributed by atoms with Gasteiger partial charge in [0.25, 0.3) is 0 Å². The largest absolute Gasteiger partial charge is 0.382 e. The van der Waals surface area contributed by atoms with Gasteiger partial charge in [-0.25, -0.2) is 4.79 Å². The molecular weight excluding hydrogens is 423 g/mol. The van der Waals surface area contributed by atoms with Crippen LogP contribution in [0.5, 0.6) is 0 Å². The molecule has 0 unspecified atom stereocenters. The minimum atomic E-state index is -0.285. The fourth-order valence-electron chi connectivity index (χ4n) is 3.69. The molecular formula is C22H31F5O2S. The van der Waals surface area contributed by atoms with Crippen molar-refractivity contribution in [2.45, 2.75) is 56.3 Å². The van der Waals surface area contributed by atoms with E-state index < -0.39 is 0 Å². The second kappa shape index (κ2) is 16.7. The molecule has 172 valence electrons. The van der Waals surface area contributed by atoms with Gasteiger partial charge in [0.1, 0.15) is 0 Å². The summed E-state index contributed by atoms with van der Waals surface area (Å²) < 4.78 is 5.32. The van der Waals surface area contributed by atoms with Gasteiger partial charge in [-0.3, -0.25) is 23.5 Å². The molecule has 2 nitrogen and oxygen atoms in total. The Hall–Kier alpha value is -2.09. The first-order valence-electron chi connectivity index (χ1n) is 9.30. The topological polar surface area (TPSA) is 26.3 Å². The normalized spacial score (nSPS) is 16.8. The van der Waals surface area contributed by atoms with Crippen LogP contribution in [-0.4, -0.2) is 5.97 Å². The lowest BCUT2D eigenvalue weighted by atomic mass is 9.77. The van der Waals surface area contributed by atoms with Gasteiger partial charge in [0, 0.05) is 4.90 Å². The van der Waals surface area contributed by atoms with Gasteiger partial charge in [0.05, 0.1) is 17.6 Å². The Kier molecular flexibility index (Phi) is 18.1. The van der Waals surface area contributed by atoms with Crippen LogP contribution in [0.15, 0.2) is 59.5 Å². The quantitative estimate of drug-likeness (QED) is 0.336. The van der Waals surface area contributed by atoms with Crippen molar-refractivity contribution in [1.29, 1.82) is 0 Å². The van der Waals surface area contributed by atoms with Crippen molar-refractivity contribution in [2.24, 2.45) is 5.92 Å². The van der Waals surface area contributed by atoms with E-state index >= 15 is 0 Å². The number of hydrogen-bond acceptors (Lipinski definition) is 3. The van der Waals surface area contributed by atoms with Crippen LogP contribution in [0.1, 0.15) is 67.3 Å². The van der Waals surface area contributed by atoms with E-state index in [-0.39, 0.29) is 29.5 Å². The van der Waals surface area contributed by atoms with Crippen LogP contribution in [0, 0.1) is 5.92 Å². The van der Waals surface area contributed by atoms with Crippen molar-refractivity contribution >= 4 is 18.0 Å². The lowest BCUT2D eigenvalue weighted by Gasteiger charge is -2.28. The molecule has 0 saturated heterocycles.